The van der Waals surface area contributed by atoms with Gasteiger partial charge in [0.15, 0.2) is 17.1 Å². The van der Waals surface area contributed by atoms with Crippen LogP contribution >= 0.6 is 0 Å². The highest BCUT2D eigenvalue weighted by atomic mass is 32.2. The summed E-state index contributed by atoms with van der Waals surface area (Å²) in [5.41, 5.74) is 5.76. The molecular weight excluding hydrogens is 572 g/mol. The molecular formula is C35H36N4O4S. The summed E-state index contributed by atoms with van der Waals surface area (Å²) >= 11 is 0. The van der Waals surface area contributed by atoms with Gasteiger partial charge in [0.1, 0.15) is 0 Å². The fraction of sp³-hybridized carbons (Fsp3) is 0.229. The second-order valence-electron chi connectivity index (χ2n) is 10.9. The molecule has 9 heteroatoms. The number of fused-ring (bicyclic) bond motifs is 2. The Morgan fingerprint density at radius 3 is 2.34 bits per heavy atom. The maximum atomic E-state index is 14.5. The lowest BCUT2D eigenvalue weighted by atomic mass is 10.0. The molecule has 3 aromatic heterocycles. The topological polar surface area (TPSA) is 87.4 Å². The number of methoxy groups -OCH3 is 2. The largest absolute Gasteiger partial charge is 0.493 e. The zero-order chi connectivity index (χ0) is 30.8. The fourth-order valence-corrected chi connectivity index (χ4v) is 7.34. The van der Waals surface area contributed by atoms with Crippen LogP contribution in [0.1, 0.15) is 23.1 Å². The Kier molecular flexibility index (Phi) is 8.16. The average molecular weight is 609 g/mol. The summed E-state index contributed by atoms with van der Waals surface area (Å²) in [6, 6.07) is 25.0. The molecule has 0 aliphatic heterocycles. The maximum Gasteiger partial charge on any atom is 0.269 e. The van der Waals surface area contributed by atoms with E-state index in [4.69, 9.17) is 9.47 Å². The van der Waals surface area contributed by atoms with Gasteiger partial charge in [0.05, 0.1) is 30.3 Å². The summed E-state index contributed by atoms with van der Waals surface area (Å²) in [5, 5.41) is 5.22. The predicted molar refractivity (Wildman–Crippen MR) is 175 cm³/mol. The molecule has 44 heavy (non-hydrogen) atoms. The summed E-state index contributed by atoms with van der Waals surface area (Å²) in [4.78, 5) is 4.84. The van der Waals surface area contributed by atoms with E-state index in [0.717, 1.165) is 52.4 Å². The first-order valence-electron chi connectivity index (χ1n) is 14.6. The van der Waals surface area contributed by atoms with Crippen LogP contribution < -0.4 is 14.8 Å². The van der Waals surface area contributed by atoms with Crippen LogP contribution in [0.2, 0.25) is 0 Å². The number of hydrogen-bond donors (Lipinski definition) is 1. The number of benzene rings is 3. The highest BCUT2D eigenvalue weighted by molar-refractivity contribution is 7.90. The number of aromatic nitrogens is 3. The van der Waals surface area contributed by atoms with E-state index in [2.05, 4.69) is 34.6 Å². The molecule has 0 amide bonds. The third-order valence-electron chi connectivity index (χ3n) is 8.07. The van der Waals surface area contributed by atoms with E-state index < -0.39 is 10.0 Å². The van der Waals surface area contributed by atoms with E-state index in [1.165, 1.54) is 9.54 Å². The Hall–Kier alpha value is -4.60. The van der Waals surface area contributed by atoms with Crippen molar-refractivity contribution in [2.75, 3.05) is 20.8 Å². The number of pyridine rings is 1. The molecule has 0 fully saturated rings. The van der Waals surface area contributed by atoms with Crippen molar-refractivity contribution in [3.8, 4) is 22.8 Å². The second kappa shape index (κ2) is 12.2. The number of aryl methyl sites for hydroxylation is 3. The van der Waals surface area contributed by atoms with Gasteiger partial charge >= 0.3 is 0 Å². The van der Waals surface area contributed by atoms with E-state index >= 15 is 0 Å². The molecule has 0 atom stereocenters. The van der Waals surface area contributed by atoms with Crippen LogP contribution in [-0.4, -0.2) is 42.7 Å². The van der Waals surface area contributed by atoms with E-state index in [1.54, 1.807) is 32.5 Å². The Labute approximate surface area is 257 Å². The van der Waals surface area contributed by atoms with Gasteiger partial charge in [-0.2, -0.15) is 0 Å². The van der Waals surface area contributed by atoms with Crippen molar-refractivity contribution < 1.29 is 17.9 Å². The lowest BCUT2D eigenvalue weighted by Gasteiger charge is -2.14. The highest BCUT2D eigenvalue weighted by Gasteiger charge is 2.30. The Morgan fingerprint density at radius 1 is 0.886 bits per heavy atom. The monoisotopic (exact) mass is 608 g/mol. The van der Waals surface area contributed by atoms with Gasteiger partial charge in [0.2, 0.25) is 0 Å². The molecule has 6 rings (SSSR count). The number of ether oxygens (including phenoxy) is 2. The van der Waals surface area contributed by atoms with Crippen LogP contribution in [0.25, 0.3) is 33.2 Å². The van der Waals surface area contributed by atoms with Gasteiger partial charge in [0.25, 0.3) is 10.0 Å². The summed E-state index contributed by atoms with van der Waals surface area (Å²) in [6.45, 7) is 3.17. The molecule has 8 nitrogen and oxygen atoms in total. The average Bonchev–Trinajstić information content (AvgIpc) is 3.54. The standard InChI is InChI=1S/C35H36N4O4S/c1-24-14-16-26(17-15-24)44(40,41)39-34(30-23-38(2)31-21-33(43-4)32(42-3)20-28(30)31)29(27-13-9-19-37-35(27)39)22-36-18-8-12-25-10-6-5-7-11-25/h5-7,9-11,13-17,19-21,23,36H,8,12,18,22H2,1-4H3. The van der Waals surface area contributed by atoms with Crippen molar-refractivity contribution in [2.24, 2.45) is 7.05 Å². The van der Waals surface area contributed by atoms with Crippen LogP contribution in [0, 0.1) is 6.92 Å². The van der Waals surface area contributed by atoms with E-state index in [1.807, 2.05) is 67.2 Å². The molecule has 6 aromatic rings. The number of nitrogens with one attached hydrogen (secondary N) is 1. The van der Waals surface area contributed by atoms with Crippen LogP contribution in [0.15, 0.2) is 96.2 Å². The molecule has 0 aliphatic carbocycles. The van der Waals surface area contributed by atoms with Gasteiger partial charge in [-0.05, 0) is 62.2 Å². The highest BCUT2D eigenvalue weighted by Crippen LogP contribution is 2.43. The molecule has 1 N–H and O–H groups in total. The summed E-state index contributed by atoms with van der Waals surface area (Å²) in [6.07, 6.45) is 5.51. The predicted octanol–water partition coefficient (Wildman–Crippen LogP) is 6.48. The van der Waals surface area contributed by atoms with Gasteiger partial charge in [-0.1, -0.05) is 48.0 Å². The fourth-order valence-electron chi connectivity index (χ4n) is 5.82. The molecule has 0 aliphatic rings. The summed E-state index contributed by atoms with van der Waals surface area (Å²) in [5.74, 6) is 1.16. The minimum absolute atomic E-state index is 0.203. The smallest absolute Gasteiger partial charge is 0.269 e. The van der Waals surface area contributed by atoms with Crippen molar-refractivity contribution in [1.82, 2.24) is 18.8 Å². The number of hydrogen-bond acceptors (Lipinski definition) is 6. The van der Waals surface area contributed by atoms with E-state index in [9.17, 15) is 8.42 Å². The summed E-state index contributed by atoms with van der Waals surface area (Å²) in [7, 11) is 1.11. The van der Waals surface area contributed by atoms with Gasteiger partial charge in [-0.15, -0.1) is 0 Å². The zero-order valence-electron chi connectivity index (χ0n) is 25.4. The lowest BCUT2D eigenvalue weighted by Crippen LogP contribution is -2.18. The molecule has 0 spiro atoms. The molecule has 226 valence electrons. The van der Waals surface area contributed by atoms with Crippen LogP contribution in [0.3, 0.4) is 0 Å². The third-order valence-corrected chi connectivity index (χ3v) is 9.77. The zero-order valence-corrected chi connectivity index (χ0v) is 26.2. The number of nitrogens with zero attached hydrogens (tertiary/aromatic N) is 3. The van der Waals surface area contributed by atoms with Crippen molar-refractivity contribution in [3.05, 3.63) is 108 Å². The first-order valence-corrected chi connectivity index (χ1v) is 16.0. The summed E-state index contributed by atoms with van der Waals surface area (Å²) < 4.78 is 43.7. The SMILES string of the molecule is COc1cc2c(-c3c(CNCCCc4ccccc4)c4cccnc4n3S(=O)(=O)c3ccc(C)cc3)cn(C)c2cc1OC. The normalized spacial score (nSPS) is 11.8. The van der Waals surface area contributed by atoms with Crippen molar-refractivity contribution in [2.45, 2.75) is 31.2 Å². The Bertz CT molecular complexity index is 2050. The third kappa shape index (κ3) is 5.33. The molecule has 0 saturated carbocycles. The first kappa shape index (κ1) is 29.5. The first-order chi connectivity index (χ1) is 21.3. The molecule has 0 unspecified atom stereocenters. The quantitative estimate of drug-likeness (QED) is 0.170. The van der Waals surface area contributed by atoms with Gasteiger partial charge in [-0.3, -0.25) is 0 Å². The Morgan fingerprint density at radius 2 is 1.61 bits per heavy atom. The molecule has 3 aromatic carbocycles. The van der Waals surface area contributed by atoms with Crippen LogP contribution in [-0.2, 0) is 30.0 Å². The van der Waals surface area contributed by atoms with Gasteiger partial charge in [0, 0.05) is 54.0 Å². The molecule has 0 saturated heterocycles. The van der Waals surface area contributed by atoms with Crippen LogP contribution in [0.4, 0.5) is 0 Å². The lowest BCUT2D eigenvalue weighted by molar-refractivity contribution is 0.355. The van der Waals surface area contributed by atoms with E-state index in [0.29, 0.717) is 29.4 Å². The maximum absolute atomic E-state index is 14.5. The van der Waals surface area contributed by atoms with E-state index in [-0.39, 0.29) is 4.90 Å². The number of rotatable bonds is 11. The van der Waals surface area contributed by atoms with Crippen molar-refractivity contribution in [3.63, 3.8) is 0 Å². The minimum Gasteiger partial charge on any atom is -0.493 e. The van der Waals surface area contributed by atoms with Gasteiger partial charge in [-0.25, -0.2) is 17.4 Å². The molecule has 3 heterocycles. The Balaban J connectivity index is 1.53. The minimum atomic E-state index is -4.04. The van der Waals surface area contributed by atoms with Crippen molar-refractivity contribution >= 4 is 32.0 Å². The molecule has 0 bridgehead atoms. The van der Waals surface area contributed by atoms with Crippen LogP contribution in [0.5, 0.6) is 11.5 Å². The second-order valence-corrected chi connectivity index (χ2v) is 12.7. The van der Waals surface area contributed by atoms with Crippen molar-refractivity contribution in [1.29, 1.82) is 0 Å². The van der Waals surface area contributed by atoms with Gasteiger partial charge < -0.3 is 19.4 Å². The molecule has 0 radical (unpaired) electrons.